The Morgan fingerprint density at radius 3 is 2.79 bits per heavy atom. The second-order valence-electron chi connectivity index (χ2n) is 5.91. The van der Waals surface area contributed by atoms with Crippen molar-refractivity contribution in [2.45, 2.75) is 20.3 Å². The molecule has 0 spiro atoms. The molecule has 0 fully saturated rings. The van der Waals surface area contributed by atoms with Gasteiger partial charge in [-0.15, -0.1) is 0 Å². The standard InChI is InChI=1S/C20H22N4O3S/c1-3-11-27-15-10-9-14(17(25)12-15)13-21-24-19(22-23-20(24)28)16-7-5-6-8-18(16)26-4-2/h5-10,12-13,25H,3-4,11H2,1-2H3,(H,23,28)/b21-13+. The van der Waals surface area contributed by atoms with Gasteiger partial charge in [0.15, 0.2) is 5.82 Å². The molecule has 2 N–H and O–H groups in total. The summed E-state index contributed by atoms with van der Waals surface area (Å²) < 4.78 is 13.0. The molecule has 0 saturated heterocycles. The second kappa shape index (κ2) is 9.18. The largest absolute Gasteiger partial charge is 0.507 e. The van der Waals surface area contributed by atoms with Gasteiger partial charge in [-0.1, -0.05) is 19.1 Å². The molecule has 146 valence electrons. The maximum absolute atomic E-state index is 10.2. The summed E-state index contributed by atoms with van der Waals surface area (Å²) in [4.78, 5) is 0. The molecule has 3 aromatic rings. The van der Waals surface area contributed by atoms with E-state index in [9.17, 15) is 5.11 Å². The van der Waals surface area contributed by atoms with Crippen LogP contribution in [0.2, 0.25) is 0 Å². The van der Waals surface area contributed by atoms with E-state index in [0.717, 1.165) is 12.0 Å². The fraction of sp³-hybridized carbons (Fsp3) is 0.250. The van der Waals surface area contributed by atoms with Crippen LogP contribution in [0.4, 0.5) is 0 Å². The lowest BCUT2D eigenvalue weighted by atomic mass is 10.2. The van der Waals surface area contributed by atoms with Crippen molar-refractivity contribution in [1.29, 1.82) is 0 Å². The molecule has 1 heterocycles. The van der Waals surface area contributed by atoms with E-state index in [0.29, 0.717) is 40.9 Å². The average molecular weight is 398 g/mol. The van der Waals surface area contributed by atoms with E-state index in [-0.39, 0.29) is 5.75 Å². The van der Waals surface area contributed by atoms with Gasteiger partial charge in [0.1, 0.15) is 17.2 Å². The molecule has 0 aliphatic heterocycles. The zero-order valence-electron chi connectivity index (χ0n) is 15.8. The summed E-state index contributed by atoms with van der Waals surface area (Å²) in [5, 5.41) is 21.7. The van der Waals surface area contributed by atoms with E-state index in [4.69, 9.17) is 21.7 Å². The van der Waals surface area contributed by atoms with Gasteiger partial charge in [0.25, 0.3) is 0 Å². The number of hydrogen-bond acceptors (Lipinski definition) is 6. The van der Waals surface area contributed by atoms with Crippen molar-refractivity contribution in [2.75, 3.05) is 13.2 Å². The minimum Gasteiger partial charge on any atom is -0.507 e. The maximum Gasteiger partial charge on any atom is 0.216 e. The summed E-state index contributed by atoms with van der Waals surface area (Å²) in [5.41, 5.74) is 1.30. The molecule has 2 aromatic carbocycles. The Bertz CT molecular complexity index is 1030. The summed E-state index contributed by atoms with van der Waals surface area (Å²) >= 11 is 5.31. The van der Waals surface area contributed by atoms with E-state index in [2.05, 4.69) is 15.3 Å². The van der Waals surface area contributed by atoms with Crippen molar-refractivity contribution in [3.8, 4) is 28.6 Å². The highest BCUT2D eigenvalue weighted by atomic mass is 32.1. The van der Waals surface area contributed by atoms with Crippen LogP contribution in [0.15, 0.2) is 47.6 Å². The quantitative estimate of drug-likeness (QED) is 0.434. The Kier molecular flexibility index (Phi) is 6.44. The zero-order valence-corrected chi connectivity index (χ0v) is 16.6. The van der Waals surface area contributed by atoms with E-state index in [1.807, 2.05) is 38.1 Å². The average Bonchev–Trinajstić information content (AvgIpc) is 3.06. The van der Waals surface area contributed by atoms with Crippen LogP contribution < -0.4 is 9.47 Å². The minimum absolute atomic E-state index is 0.0728. The molecule has 1 aromatic heterocycles. The Labute approximate surface area is 168 Å². The number of phenols is 1. The highest BCUT2D eigenvalue weighted by molar-refractivity contribution is 7.71. The fourth-order valence-corrected chi connectivity index (χ4v) is 2.75. The molecule has 3 rings (SSSR count). The summed E-state index contributed by atoms with van der Waals surface area (Å²) in [6, 6.07) is 12.6. The van der Waals surface area contributed by atoms with Gasteiger partial charge >= 0.3 is 0 Å². The van der Waals surface area contributed by atoms with Gasteiger partial charge in [-0.2, -0.15) is 14.9 Å². The van der Waals surface area contributed by atoms with E-state index >= 15 is 0 Å². The SMILES string of the molecule is CCCOc1ccc(/C=N/n2c(-c3ccccc3OCC)n[nH]c2=S)c(O)c1. The van der Waals surface area contributed by atoms with Crippen LogP contribution in [0.1, 0.15) is 25.8 Å². The van der Waals surface area contributed by atoms with Crippen molar-refractivity contribution in [1.82, 2.24) is 14.9 Å². The van der Waals surface area contributed by atoms with Gasteiger partial charge in [-0.05, 0) is 49.8 Å². The van der Waals surface area contributed by atoms with E-state index in [1.165, 1.54) is 10.9 Å². The lowest BCUT2D eigenvalue weighted by molar-refractivity contribution is 0.315. The number of nitrogens with zero attached hydrogens (tertiary/aromatic N) is 3. The van der Waals surface area contributed by atoms with Gasteiger partial charge in [0.2, 0.25) is 4.77 Å². The third kappa shape index (κ3) is 4.40. The predicted octanol–water partition coefficient (Wildman–Crippen LogP) is 4.38. The molecule has 0 aliphatic rings. The molecule has 0 atom stereocenters. The monoisotopic (exact) mass is 398 g/mol. The predicted molar refractivity (Wildman–Crippen MR) is 111 cm³/mol. The van der Waals surface area contributed by atoms with Crippen LogP contribution in [-0.4, -0.2) is 39.4 Å². The Balaban J connectivity index is 1.92. The van der Waals surface area contributed by atoms with Gasteiger partial charge in [0.05, 0.1) is 25.0 Å². The Morgan fingerprint density at radius 1 is 1.21 bits per heavy atom. The number of ether oxygens (including phenoxy) is 2. The molecule has 0 bridgehead atoms. The van der Waals surface area contributed by atoms with Crippen molar-refractivity contribution in [3.63, 3.8) is 0 Å². The number of nitrogens with one attached hydrogen (secondary N) is 1. The van der Waals surface area contributed by atoms with Crippen LogP contribution in [0.25, 0.3) is 11.4 Å². The number of H-pyrrole nitrogens is 1. The molecule has 28 heavy (non-hydrogen) atoms. The number of benzene rings is 2. The number of rotatable bonds is 8. The van der Waals surface area contributed by atoms with E-state index < -0.39 is 0 Å². The summed E-state index contributed by atoms with van der Waals surface area (Å²) in [6.07, 6.45) is 2.42. The zero-order chi connectivity index (χ0) is 19.9. The molecule has 0 amide bonds. The third-order valence-corrected chi connectivity index (χ3v) is 4.13. The van der Waals surface area contributed by atoms with Crippen LogP contribution in [-0.2, 0) is 0 Å². The number of aromatic amines is 1. The molecule has 0 radical (unpaired) electrons. The number of hydrogen-bond donors (Lipinski definition) is 2. The molecule has 0 saturated carbocycles. The first-order valence-electron chi connectivity index (χ1n) is 9.03. The summed E-state index contributed by atoms with van der Waals surface area (Å²) in [5.74, 6) is 1.90. The van der Waals surface area contributed by atoms with Gasteiger partial charge < -0.3 is 14.6 Å². The Morgan fingerprint density at radius 2 is 2.04 bits per heavy atom. The first-order chi connectivity index (χ1) is 13.6. The van der Waals surface area contributed by atoms with Crippen LogP contribution in [0.3, 0.4) is 0 Å². The topological polar surface area (TPSA) is 84.7 Å². The van der Waals surface area contributed by atoms with Crippen LogP contribution in [0.5, 0.6) is 17.2 Å². The first kappa shape index (κ1) is 19.6. The van der Waals surface area contributed by atoms with Crippen LogP contribution >= 0.6 is 12.2 Å². The van der Waals surface area contributed by atoms with Crippen molar-refractivity contribution >= 4 is 18.4 Å². The van der Waals surface area contributed by atoms with Gasteiger partial charge in [-0.25, -0.2) is 5.10 Å². The number of aromatic hydroxyl groups is 1. The summed E-state index contributed by atoms with van der Waals surface area (Å²) in [7, 11) is 0. The molecular formula is C20H22N4O3S. The van der Waals surface area contributed by atoms with Gasteiger partial charge in [0, 0.05) is 11.6 Å². The second-order valence-corrected chi connectivity index (χ2v) is 6.29. The number of aromatic nitrogens is 3. The smallest absolute Gasteiger partial charge is 0.216 e. The molecule has 8 heteroatoms. The number of para-hydroxylation sites is 1. The van der Waals surface area contributed by atoms with E-state index in [1.54, 1.807) is 18.2 Å². The fourth-order valence-electron chi connectivity index (χ4n) is 2.57. The molecule has 0 aliphatic carbocycles. The normalized spacial score (nSPS) is 11.1. The van der Waals surface area contributed by atoms with Crippen molar-refractivity contribution in [3.05, 3.63) is 52.8 Å². The highest BCUT2D eigenvalue weighted by Gasteiger charge is 2.13. The van der Waals surface area contributed by atoms with Gasteiger partial charge in [-0.3, -0.25) is 0 Å². The van der Waals surface area contributed by atoms with Crippen molar-refractivity contribution < 1.29 is 14.6 Å². The lowest BCUT2D eigenvalue weighted by Crippen LogP contribution is -1.99. The van der Waals surface area contributed by atoms with Crippen molar-refractivity contribution in [2.24, 2.45) is 5.10 Å². The third-order valence-electron chi connectivity index (χ3n) is 3.87. The van der Waals surface area contributed by atoms with Crippen LogP contribution in [0, 0.1) is 4.77 Å². The molecular weight excluding hydrogens is 376 g/mol. The minimum atomic E-state index is 0.0728. The Hall–Kier alpha value is -3.13. The number of phenolic OH excluding ortho intramolecular Hbond substituents is 1. The molecule has 7 nitrogen and oxygen atoms in total. The summed E-state index contributed by atoms with van der Waals surface area (Å²) in [6.45, 7) is 5.07. The molecule has 0 unspecified atom stereocenters. The first-order valence-corrected chi connectivity index (χ1v) is 9.44. The maximum atomic E-state index is 10.2. The highest BCUT2D eigenvalue weighted by Crippen LogP contribution is 2.29. The lowest BCUT2D eigenvalue weighted by Gasteiger charge is -2.09.